The van der Waals surface area contributed by atoms with Crippen LogP contribution in [0.3, 0.4) is 0 Å². The van der Waals surface area contributed by atoms with Crippen molar-refractivity contribution in [3.05, 3.63) is 60.2 Å². The van der Waals surface area contributed by atoms with Gasteiger partial charge in [-0.2, -0.15) is 0 Å². The Bertz CT molecular complexity index is 2150. The maximum Gasteiger partial charge on any atom is 0.347 e. The lowest BCUT2D eigenvalue weighted by Crippen LogP contribution is -2.39. The SMILES string of the molecule is CCNC(=O)CCC/C=C\C[C@@H]1[C@@H](/C=C/[C@H](CCc2ccccc2)OC(=O)[C@H](C)OC(C)=O)[C@H](OC(=O)[C@H](C)OC(C)=O)C[C@@H]1OC(=O)[C@H](C)OC(=O)[C@H](C)OC(=O)[C@H](C)OC(=O)[C@H](C)OC(=O)[C@H](C)OC(C)=O. The van der Waals surface area contributed by atoms with Gasteiger partial charge < -0.3 is 52.7 Å². The number of amides is 1. The Labute approximate surface area is 430 Å². The van der Waals surface area contributed by atoms with Crippen LogP contribution in [0.5, 0.6) is 0 Å². The smallest absolute Gasteiger partial charge is 0.347 e. The molecule has 2 rings (SSSR count). The van der Waals surface area contributed by atoms with Crippen molar-refractivity contribution in [2.75, 3.05) is 6.54 Å². The van der Waals surface area contributed by atoms with Crippen LogP contribution < -0.4 is 5.32 Å². The van der Waals surface area contributed by atoms with Gasteiger partial charge in [0.05, 0.1) is 0 Å². The third-order valence-electron chi connectivity index (χ3n) is 11.0. The molecule has 0 aromatic heterocycles. The molecular formula is C52H71NO21. The van der Waals surface area contributed by atoms with Crippen LogP contribution in [-0.2, 0) is 107 Å². The van der Waals surface area contributed by atoms with E-state index in [0.29, 0.717) is 25.8 Å². The summed E-state index contributed by atoms with van der Waals surface area (Å²) < 4.78 is 53.0. The van der Waals surface area contributed by atoms with E-state index in [1.54, 1.807) is 12.2 Å². The molecule has 1 aromatic carbocycles. The number of aryl methyl sites for hydroxylation is 1. The van der Waals surface area contributed by atoms with Crippen LogP contribution >= 0.6 is 0 Å². The van der Waals surface area contributed by atoms with Crippen molar-refractivity contribution in [3.8, 4) is 0 Å². The van der Waals surface area contributed by atoms with E-state index in [2.05, 4.69) is 5.32 Å². The van der Waals surface area contributed by atoms with Crippen molar-refractivity contribution in [3.63, 3.8) is 0 Å². The fourth-order valence-electron chi connectivity index (χ4n) is 7.26. The minimum absolute atomic E-state index is 0.106. The Morgan fingerprint density at radius 2 is 0.973 bits per heavy atom. The fraction of sp³-hybridized carbons (Fsp3) is 0.596. The summed E-state index contributed by atoms with van der Waals surface area (Å²) >= 11 is 0. The predicted octanol–water partition coefficient (Wildman–Crippen LogP) is 4.38. The average molecular weight is 1050 g/mol. The summed E-state index contributed by atoms with van der Waals surface area (Å²) in [4.78, 5) is 138. The van der Waals surface area contributed by atoms with Crippen molar-refractivity contribution in [2.24, 2.45) is 11.8 Å². The molecule has 1 aliphatic carbocycles. The van der Waals surface area contributed by atoms with Crippen molar-refractivity contribution in [1.29, 1.82) is 0 Å². The topological polar surface area (TPSA) is 292 Å². The first-order chi connectivity index (χ1) is 34.8. The van der Waals surface area contributed by atoms with E-state index in [1.165, 1.54) is 27.7 Å². The third-order valence-corrected chi connectivity index (χ3v) is 11.0. The highest BCUT2D eigenvalue weighted by molar-refractivity contribution is 5.86. The number of ether oxygens (including phenoxy) is 10. The van der Waals surface area contributed by atoms with Gasteiger partial charge in [-0.05, 0) is 99.1 Å². The van der Waals surface area contributed by atoms with Crippen molar-refractivity contribution in [2.45, 2.75) is 182 Å². The largest absolute Gasteiger partial charge is 0.459 e. The van der Waals surface area contributed by atoms with E-state index in [9.17, 15) is 52.7 Å². The molecule has 0 radical (unpaired) electrons. The minimum Gasteiger partial charge on any atom is -0.459 e. The molecule has 0 aliphatic heterocycles. The van der Waals surface area contributed by atoms with Crippen LogP contribution in [0.25, 0.3) is 0 Å². The lowest BCUT2D eigenvalue weighted by molar-refractivity contribution is -0.187. The first-order valence-corrected chi connectivity index (χ1v) is 24.4. The molecule has 0 spiro atoms. The van der Waals surface area contributed by atoms with Crippen LogP contribution in [-0.4, -0.2) is 133 Å². The molecule has 22 heteroatoms. The molecule has 12 atom stereocenters. The minimum atomic E-state index is -1.64. The van der Waals surface area contributed by atoms with Gasteiger partial charge in [-0.1, -0.05) is 48.6 Å². The lowest BCUT2D eigenvalue weighted by Gasteiger charge is -2.25. The number of carbonyl (C=O) groups excluding carboxylic acids is 11. The summed E-state index contributed by atoms with van der Waals surface area (Å²) in [6.07, 6.45) is -4.18. The Hall–Kier alpha value is -7.13. The number of rotatable bonds is 29. The summed E-state index contributed by atoms with van der Waals surface area (Å²) in [5.74, 6) is -11.1. The first-order valence-electron chi connectivity index (χ1n) is 24.4. The number of carbonyl (C=O) groups is 11. The Morgan fingerprint density at radius 3 is 1.43 bits per heavy atom. The third kappa shape index (κ3) is 23.2. The van der Waals surface area contributed by atoms with Crippen LogP contribution in [0.2, 0.25) is 0 Å². The molecule has 1 saturated carbocycles. The Balaban J connectivity index is 2.41. The lowest BCUT2D eigenvalue weighted by atomic mass is 9.89. The standard InChI is InChI=1S/C52H71NO21/c1-12-53-45(57)23-19-14-13-18-22-41-42(27-26-40(25-24-39-20-16-15-17-21-39)72-50(62)30(3)66-37(10)55)44(74-51(63)31(4)67-38(11)56)28-43(41)73-52(64)35(8)71-49(61)34(7)70-48(60)33(6)69-47(59)32(5)68-46(58)29(2)65-36(9)54/h13,15-18,20-21,26-27,29-35,40-44H,12,14,19,22-25,28H2,1-11H3,(H,53,57)/b18-13-,27-26+/t29-,30-,31-,32-,33-,34-,35-,40-,41+,42+,43-,44+/m0/s1. The number of unbranched alkanes of at least 4 members (excludes halogenated alkanes) is 1. The van der Waals surface area contributed by atoms with E-state index in [-0.39, 0.29) is 31.6 Å². The summed E-state index contributed by atoms with van der Waals surface area (Å²) in [6, 6.07) is 9.36. The molecule has 1 fully saturated rings. The van der Waals surface area contributed by atoms with E-state index >= 15 is 0 Å². The second-order valence-corrected chi connectivity index (χ2v) is 17.4. The van der Waals surface area contributed by atoms with Gasteiger partial charge in [0.2, 0.25) is 5.91 Å². The van der Waals surface area contributed by atoms with Gasteiger partial charge in [-0.25, -0.2) is 33.6 Å². The first kappa shape index (κ1) is 63.0. The summed E-state index contributed by atoms with van der Waals surface area (Å²) in [7, 11) is 0. The molecule has 1 aliphatic rings. The highest BCUT2D eigenvalue weighted by Crippen LogP contribution is 2.41. The molecule has 0 bridgehead atoms. The molecule has 1 amide bonds. The molecule has 74 heavy (non-hydrogen) atoms. The summed E-state index contributed by atoms with van der Waals surface area (Å²) in [5, 5.41) is 2.74. The number of hydrogen-bond donors (Lipinski definition) is 1. The van der Waals surface area contributed by atoms with E-state index in [0.717, 1.165) is 47.1 Å². The van der Waals surface area contributed by atoms with E-state index in [1.807, 2.05) is 49.4 Å². The van der Waals surface area contributed by atoms with E-state index in [4.69, 9.17) is 47.4 Å². The normalized spacial score (nSPS) is 19.4. The van der Waals surface area contributed by atoms with Crippen LogP contribution in [0.4, 0.5) is 0 Å². The second kappa shape index (κ2) is 32.1. The molecule has 0 heterocycles. The zero-order chi connectivity index (χ0) is 55.7. The van der Waals surface area contributed by atoms with Gasteiger partial charge >= 0.3 is 59.7 Å². The van der Waals surface area contributed by atoms with Gasteiger partial charge in [0.25, 0.3) is 0 Å². The maximum absolute atomic E-state index is 13.8. The highest BCUT2D eigenvalue weighted by atomic mass is 16.7. The number of nitrogens with one attached hydrogen (secondary N) is 1. The number of benzene rings is 1. The molecule has 0 unspecified atom stereocenters. The van der Waals surface area contributed by atoms with Crippen molar-refractivity contribution < 1.29 is 100 Å². The summed E-state index contributed by atoms with van der Waals surface area (Å²) in [6.45, 7) is 14.2. The van der Waals surface area contributed by atoms with Gasteiger partial charge in [0, 0.05) is 52.0 Å². The van der Waals surface area contributed by atoms with Gasteiger partial charge in [-0.3, -0.25) is 19.2 Å². The Kier molecular flexibility index (Phi) is 27.4. The second-order valence-electron chi connectivity index (χ2n) is 17.4. The van der Waals surface area contributed by atoms with Gasteiger partial charge in [-0.15, -0.1) is 0 Å². The predicted molar refractivity (Wildman–Crippen MR) is 257 cm³/mol. The summed E-state index contributed by atoms with van der Waals surface area (Å²) in [5.41, 5.74) is 0.934. The van der Waals surface area contributed by atoms with Gasteiger partial charge in [0.1, 0.15) is 18.3 Å². The Morgan fingerprint density at radius 1 is 0.554 bits per heavy atom. The van der Waals surface area contributed by atoms with Crippen LogP contribution in [0, 0.1) is 11.8 Å². The van der Waals surface area contributed by atoms with E-state index < -0.39 is 133 Å². The van der Waals surface area contributed by atoms with Crippen LogP contribution in [0.15, 0.2) is 54.6 Å². The molecule has 0 saturated heterocycles. The molecule has 22 nitrogen and oxygen atoms in total. The molecule has 1 aromatic rings. The van der Waals surface area contributed by atoms with Gasteiger partial charge in [0.15, 0.2) is 42.7 Å². The van der Waals surface area contributed by atoms with Crippen LogP contribution in [0.1, 0.15) is 120 Å². The maximum atomic E-state index is 13.8. The average Bonchev–Trinajstić information content (AvgIpc) is 3.63. The number of hydrogen-bond acceptors (Lipinski definition) is 21. The quantitative estimate of drug-likeness (QED) is 0.0504. The van der Waals surface area contributed by atoms with Crippen molar-refractivity contribution in [1.82, 2.24) is 5.32 Å². The highest BCUT2D eigenvalue weighted by Gasteiger charge is 2.47. The zero-order valence-corrected chi connectivity index (χ0v) is 43.9. The molecule has 1 N–H and O–H groups in total. The number of allylic oxidation sites excluding steroid dienone is 2. The fourth-order valence-corrected chi connectivity index (χ4v) is 7.26. The monoisotopic (exact) mass is 1050 g/mol. The molecule has 410 valence electrons. The molecular weight excluding hydrogens is 975 g/mol. The zero-order valence-electron chi connectivity index (χ0n) is 43.9. The number of esters is 10. The van der Waals surface area contributed by atoms with Crippen molar-refractivity contribution >= 4 is 65.6 Å².